The Labute approximate surface area is 84.3 Å². The number of oxime groups is 1. The molecule has 0 aromatic rings. The zero-order chi connectivity index (χ0) is 10.2. The maximum atomic E-state index is 10.8. The average molecular weight is 199 g/mol. The molecular weight excluding hydrogens is 182 g/mol. The quantitative estimate of drug-likeness (QED) is 0.297. The van der Waals surface area contributed by atoms with Crippen LogP contribution in [-0.2, 0) is 9.57 Å². The third-order valence-electron chi connectivity index (χ3n) is 2.19. The fraction of sp³-hybridized carbons (Fsp3) is 0.800. The predicted molar refractivity (Wildman–Crippen MR) is 53.2 cm³/mol. The van der Waals surface area contributed by atoms with Gasteiger partial charge in [-0.2, -0.15) is 0 Å². The molecule has 1 fully saturated rings. The van der Waals surface area contributed by atoms with Gasteiger partial charge in [0.15, 0.2) is 0 Å². The maximum Gasteiger partial charge on any atom is 0.535 e. The van der Waals surface area contributed by atoms with Crippen molar-refractivity contribution in [2.75, 3.05) is 6.61 Å². The predicted octanol–water partition coefficient (Wildman–Crippen LogP) is 2.87. The van der Waals surface area contributed by atoms with E-state index >= 15 is 0 Å². The SMILES string of the molecule is CCOC(=O)ON=C1CCCCCC1. The molecule has 1 aliphatic rings. The monoisotopic (exact) mass is 199 g/mol. The number of ether oxygens (including phenoxy) is 1. The molecule has 0 amide bonds. The Morgan fingerprint density at radius 3 is 2.50 bits per heavy atom. The molecule has 80 valence electrons. The van der Waals surface area contributed by atoms with E-state index in [1.165, 1.54) is 12.8 Å². The van der Waals surface area contributed by atoms with E-state index in [1.54, 1.807) is 6.92 Å². The first-order valence-corrected chi connectivity index (χ1v) is 5.22. The molecule has 0 saturated heterocycles. The zero-order valence-electron chi connectivity index (χ0n) is 8.62. The largest absolute Gasteiger partial charge is 0.535 e. The molecule has 4 nitrogen and oxygen atoms in total. The maximum absolute atomic E-state index is 10.8. The minimum absolute atomic E-state index is 0.323. The summed E-state index contributed by atoms with van der Waals surface area (Å²) >= 11 is 0. The molecule has 0 atom stereocenters. The van der Waals surface area contributed by atoms with E-state index < -0.39 is 6.16 Å². The van der Waals surface area contributed by atoms with Crippen molar-refractivity contribution in [2.24, 2.45) is 5.16 Å². The molecule has 0 radical (unpaired) electrons. The molecule has 0 heterocycles. The van der Waals surface area contributed by atoms with Crippen LogP contribution in [0.15, 0.2) is 5.16 Å². The molecular formula is C10H17NO3. The highest BCUT2D eigenvalue weighted by molar-refractivity contribution is 5.84. The van der Waals surface area contributed by atoms with Crippen molar-refractivity contribution in [3.8, 4) is 0 Å². The third kappa shape index (κ3) is 4.25. The van der Waals surface area contributed by atoms with Crippen LogP contribution in [0.25, 0.3) is 0 Å². The van der Waals surface area contributed by atoms with Gasteiger partial charge in [-0.1, -0.05) is 18.0 Å². The van der Waals surface area contributed by atoms with Gasteiger partial charge in [-0.15, -0.1) is 0 Å². The Balaban J connectivity index is 2.30. The number of rotatable bonds is 2. The van der Waals surface area contributed by atoms with Gasteiger partial charge >= 0.3 is 6.16 Å². The Bertz CT molecular complexity index is 203. The first kappa shape index (κ1) is 11.0. The van der Waals surface area contributed by atoms with Gasteiger partial charge in [0.2, 0.25) is 0 Å². The molecule has 0 aromatic heterocycles. The Morgan fingerprint density at radius 2 is 1.93 bits per heavy atom. The zero-order valence-corrected chi connectivity index (χ0v) is 8.62. The van der Waals surface area contributed by atoms with E-state index in [9.17, 15) is 4.79 Å². The van der Waals surface area contributed by atoms with Crippen molar-refractivity contribution in [3.05, 3.63) is 0 Å². The summed E-state index contributed by atoms with van der Waals surface area (Å²) in [4.78, 5) is 15.4. The summed E-state index contributed by atoms with van der Waals surface area (Å²) in [5, 5.41) is 3.80. The van der Waals surface area contributed by atoms with Crippen LogP contribution in [0.4, 0.5) is 4.79 Å². The second kappa shape index (κ2) is 6.40. The summed E-state index contributed by atoms with van der Waals surface area (Å²) in [5.41, 5.74) is 0.982. The lowest BCUT2D eigenvalue weighted by atomic mass is 10.2. The van der Waals surface area contributed by atoms with E-state index in [2.05, 4.69) is 14.7 Å². The van der Waals surface area contributed by atoms with Gasteiger partial charge in [0.05, 0.1) is 12.3 Å². The van der Waals surface area contributed by atoms with Gasteiger partial charge in [0, 0.05) is 0 Å². The first-order valence-electron chi connectivity index (χ1n) is 5.22. The highest BCUT2D eigenvalue weighted by Crippen LogP contribution is 2.15. The van der Waals surface area contributed by atoms with Crippen LogP contribution in [0.5, 0.6) is 0 Å². The molecule has 1 rings (SSSR count). The summed E-state index contributed by atoms with van der Waals surface area (Å²) in [6.45, 7) is 2.06. The normalized spacial score (nSPS) is 17.1. The number of carbonyl (C=O) groups excluding carboxylic acids is 1. The van der Waals surface area contributed by atoms with Crippen molar-refractivity contribution < 1.29 is 14.4 Å². The van der Waals surface area contributed by atoms with Crippen LogP contribution in [0.1, 0.15) is 45.4 Å². The van der Waals surface area contributed by atoms with Gasteiger partial charge in [0.25, 0.3) is 0 Å². The molecule has 4 heteroatoms. The van der Waals surface area contributed by atoms with Crippen molar-refractivity contribution in [1.29, 1.82) is 0 Å². The topological polar surface area (TPSA) is 47.9 Å². The van der Waals surface area contributed by atoms with Gasteiger partial charge in [-0.05, 0) is 32.6 Å². The minimum atomic E-state index is -0.704. The number of nitrogens with zero attached hydrogens (tertiary/aromatic N) is 1. The highest BCUT2D eigenvalue weighted by atomic mass is 16.8. The molecule has 0 spiro atoms. The second-order valence-electron chi connectivity index (χ2n) is 3.35. The average Bonchev–Trinajstić information content (AvgIpc) is 2.43. The Kier molecular flexibility index (Phi) is 5.04. The molecule has 0 aliphatic heterocycles. The van der Waals surface area contributed by atoms with Crippen LogP contribution in [0, 0.1) is 0 Å². The van der Waals surface area contributed by atoms with Crippen LogP contribution in [0.2, 0.25) is 0 Å². The standard InChI is InChI=1S/C10H17NO3/c1-2-13-10(12)14-11-9-7-5-3-4-6-8-9/h2-8H2,1H3. The second-order valence-corrected chi connectivity index (χ2v) is 3.35. The van der Waals surface area contributed by atoms with E-state index in [0.717, 1.165) is 31.4 Å². The van der Waals surface area contributed by atoms with Gasteiger partial charge < -0.3 is 4.74 Å². The van der Waals surface area contributed by atoms with Crippen LogP contribution >= 0.6 is 0 Å². The lowest BCUT2D eigenvalue weighted by molar-refractivity contribution is 0.0609. The van der Waals surface area contributed by atoms with E-state index in [4.69, 9.17) is 0 Å². The summed E-state index contributed by atoms with van der Waals surface area (Å²) in [6, 6.07) is 0. The highest BCUT2D eigenvalue weighted by Gasteiger charge is 2.08. The molecule has 0 bridgehead atoms. The summed E-state index contributed by atoms with van der Waals surface area (Å²) < 4.78 is 4.60. The van der Waals surface area contributed by atoms with Crippen LogP contribution in [-0.4, -0.2) is 18.5 Å². The lowest BCUT2D eigenvalue weighted by Crippen LogP contribution is -2.05. The lowest BCUT2D eigenvalue weighted by Gasteiger charge is -2.01. The smallest absolute Gasteiger partial charge is 0.433 e. The molecule has 0 N–H and O–H groups in total. The first-order chi connectivity index (χ1) is 6.83. The van der Waals surface area contributed by atoms with Crippen molar-refractivity contribution in [2.45, 2.75) is 45.4 Å². The van der Waals surface area contributed by atoms with Crippen LogP contribution < -0.4 is 0 Å². The van der Waals surface area contributed by atoms with E-state index in [1.807, 2.05) is 0 Å². The van der Waals surface area contributed by atoms with Gasteiger partial charge in [-0.3, -0.25) is 4.84 Å². The molecule has 0 aromatic carbocycles. The summed E-state index contributed by atoms with van der Waals surface area (Å²) in [7, 11) is 0. The van der Waals surface area contributed by atoms with Crippen molar-refractivity contribution in [3.63, 3.8) is 0 Å². The third-order valence-corrected chi connectivity index (χ3v) is 2.19. The molecule has 0 unspecified atom stereocenters. The molecule has 14 heavy (non-hydrogen) atoms. The van der Waals surface area contributed by atoms with Crippen LogP contribution in [0.3, 0.4) is 0 Å². The van der Waals surface area contributed by atoms with Crippen molar-refractivity contribution in [1.82, 2.24) is 0 Å². The number of hydrogen-bond donors (Lipinski definition) is 0. The minimum Gasteiger partial charge on any atom is -0.433 e. The van der Waals surface area contributed by atoms with Gasteiger partial charge in [-0.25, -0.2) is 4.79 Å². The van der Waals surface area contributed by atoms with E-state index in [0.29, 0.717) is 6.61 Å². The Hall–Kier alpha value is -1.06. The number of carbonyl (C=O) groups is 1. The van der Waals surface area contributed by atoms with Crippen molar-refractivity contribution >= 4 is 11.9 Å². The number of hydrogen-bond acceptors (Lipinski definition) is 4. The van der Waals surface area contributed by atoms with Gasteiger partial charge in [0.1, 0.15) is 0 Å². The summed E-state index contributed by atoms with van der Waals surface area (Å²) in [6.07, 6.45) is 5.97. The fourth-order valence-electron chi connectivity index (χ4n) is 1.47. The fourth-order valence-corrected chi connectivity index (χ4v) is 1.47. The molecule has 1 saturated carbocycles. The van der Waals surface area contributed by atoms with E-state index in [-0.39, 0.29) is 0 Å². The Morgan fingerprint density at radius 1 is 1.29 bits per heavy atom. The molecule has 1 aliphatic carbocycles. The summed E-state index contributed by atoms with van der Waals surface area (Å²) in [5.74, 6) is 0.